The van der Waals surface area contributed by atoms with E-state index in [0.717, 1.165) is 198 Å². The predicted octanol–water partition coefficient (Wildman–Crippen LogP) is 36.5. The smallest absolute Gasteiger partial charge is 0.143 e. The third-order valence-corrected chi connectivity index (χ3v) is 30.5. The van der Waals surface area contributed by atoms with E-state index < -0.39 is 0 Å². The van der Waals surface area contributed by atoms with Crippen molar-refractivity contribution in [3.63, 3.8) is 0 Å². The van der Waals surface area contributed by atoms with Crippen LogP contribution in [0.5, 0.6) is 0 Å². The zero-order valence-electron chi connectivity index (χ0n) is 78.5. The Kier molecular flexibility index (Phi) is 18.4. The molecular formula is C137H78N8O. The molecule has 146 heavy (non-hydrogen) atoms. The van der Waals surface area contributed by atoms with Crippen molar-refractivity contribution in [1.82, 2.24) is 34.5 Å². The van der Waals surface area contributed by atoms with Crippen LogP contribution in [0.15, 0.2) is 478 Å². The third kappa shape index (κ3) is 12.7. The highest BCUT2D eigenvalue weighted by Gasteiger charge is 2.27. The molecule has 8 heterocycles. The van der Waals surface area contributed by atoms with Gasteiger partial charge >= 0.3 is 0 Å². The largest absolute Gasteiger partial charge is 0.455 e. The fraction of sp³-hybridized carbons (Fsp3) is 0. The van der Waals surface area contributed by atoms with E-state index in [2.05, 4.69) is 427 Å². The molecule has 24 aromatic carbocycles. The van der Waals surface area contributed by atoms with Crippen LogP contribution in [-0.2, 0) is 0 Å². The van der Waals surface area contributed by atoms with Gasteiger partial charge in [0.2, 0.25) is 0 Å². The highest BCUT2D eigenvalue weighted by molar-refractivity contribution is 6.38. The molecule has 0 saturated heterocycles. The van der Waals surface area contributed by atoms with Gasteiger partial charge in [0.1, 0.15) is 11.2 Å². The van der Waals surface area contributed by atoms with Gasteiger partial charge < -0.3 is 8.98 Å². The standard InChI is InChI=1S/C46H26N2O.C46H26N2.C45H26N4/c1-3-14-31-27(10-1)20-21-40-42(31)43-32-15-4-2-11-29(32)25-38(46(43)49-40)28-12-9-13-30(24-28)44-39-26-47-23-22-36(39)41-35-18-7-5-16-33(35)34-17-6-8-19-37(34)45(41)48-44;1-3-15-37-35(13-1)36-14-2-4-16-38(36)46-42(37)43-39(22-21-29-12-7-23-47-45(29)43)44(48-46)33-11-6-10-30(24-33)34-25-31-19-17-27-8-5-9-28-18-20-32(26-34)41(31)40(27)28;46-26-28-17-19-35-39-25-30(18-20-41(39)49(42(35)23-28)32-11-2-1-3-12-32)29-9-8-10-31(24-29)44-40-27-47-22-21-37(40)43-36-15-6-4-13-33(36)34-14-5-7-16-38(34)45(43)48-44/h1-26H;1-26H;1-25,27H. The van der Waals surface area contributed by atoms with Gasteiger partial charge in [-0.15, -0.1) is 0 Å². The molecule has 0 aliphatic carbocycles. The monoisotopic (exact) mass is 1850 g/mol. The van der Waals surface area contributed by atoms with E-state index in [9.17, 15) is 5.26 Å². The van der Waals surface area contributed by atoms with Gasteiger partial charge in [0, 0.05) is 140 Å². The van der Waals surface area contributed by atoms with Crippen molar-refractivity contribution in [3.05, 3.63) is 479 Å². The summed E-state index contributed by atoms with van der Waals surface area (Å²) in [4.78, 5) is 30.7. The van der Waals surface area contributed by atoms with Crippen molar-refractivity contribution >= 4 is 238 Å². The summed E-state index contributed by atoms with van der Waals surface area (Å²) in [6.07, 6.45) is 9.60. The first kappa shape index (κ1) is 82.1. The predicted molar refractivity (Wildman–Crippen MR) is 611 cm³/mol. The van der Waals surface area contributed by atoms with Crippen LogP contribution in [0.3, 0.4) is 0 Å². The fourth-order valence-electron chi connectivity index (χ4n) is 24.1. The first-order valence-corrected chi connectivity index (χ1v) is 49.5. The molecule has 8 aromatic heterocycles. The lowest BCUT2D eigenvalue weighted by Crippen LogP contribution is -1.94. The Labute approximate surface area is 834 Å². The number of benzene rings is 24. The maximum Gasteiger partial charge on any atom is 0.143 e. The number of aromatic nitrogens is 7. The number of fused-ring (bicyclic) bond motifs is 36. The normalized spacial score (nSPS) is 12.0. The Morgan fingerprint density at radius 2 is 0.630 bits per heavy atom. The topological polar surface area (TPSA) is 119 Å². The van der Waals surface area contributed by atoms with Gasteiger partial charge in [-0.3, -0.25) is 15.0 Å². The molecule has 0 unspecified atom stereocenters. The number of nitrogens with zero attached hydrogens (tertiary/aromatic N) is 8. The molecule has 0 atom stereocenters. The van der Waals surface area contributed by atoms with E-state index in [1.807, 2.05) is 67.4 Å². The lowest BCUT2D eigenvalue weighted by molar-refractivity contribution is 0.670. The third-order valence-electron chi connectivity index (χ3n) is 30.5. The number of furan rings is 1. The van der Waals surface area contributed by atoms with Gasteiger partial charge in [-0.05, 0) is 238 Å². The second-order valence-electron chi connectivity index (χ2n) is 38.3. The summed E-state index contributed by atoms with van der Waals surface area (Å²) in [7, 11) is 0. The number of rotatable bonds is 7. The van der Waals surface area contributed by atoms with Crippen LogP contribution < -0.4 is 0 Å². The van der Waals surface area contributed by atoms with Crippen LogP contribution in [0.1, 0.15) is 5.56 Å². The van der Waals surface area contributed by atoms with Crippen molar-refractivity contribution in [2.75, 3.05) is 0 Å². The van der Waals surface area contributed by atoms with Crippen molar-refractivity contribution in [3.8, 4) is 78.9 Å². The first-order chi connectivity index (χ1) is 72.4. The second kappa shape index (κ2) is 32.7. The minimum absolute atomic E-state index is 0.644. The molecule has 9 nitrogen and oxygen atoms in total. The molecule has 9 heteroatoms. The van der Waals surface area contributed by atoms with Crippen molar-refractivity contribution in [2.24, 2.45) is 0 Å². The Bertz CT molecular complexity index is 11200. The molecular weight excluding hydrogens is 1770 g/mol. The quantitative estimate of drug-likeness (QED) is 0.145. The molecule has 672 valence electrons. The average Bonchev–Trinajstić information content (AvgIpc) is 0.900. The minimum atomic E-state index is 0.644. The lowest BCUT2D eigenvalue weighted by Gasteiger charge is -2.17. The van der Waals surface area contributed by atoms with Crippen LogP contribution in [-0.4, -0.2) is 34.5 Å². The summed E-state index contributed by atoms with van der Waals surface area (Å²) in [5, 5.41) is 52.5. The molecule has 0 fully saturated rings. The number of hydrogen-bond donors (Lipinski definition) is 0. The molecule has 0 N–H and O–H groups in total. The van der Waals surface area contributed by atoms with Crippen LogP contribution >= 0.6 is 0 Å². The number of para-hydroxylation sites is 1. The van der Waals surface area contributed by atoms with Crippen molar-refractivity contribution in [2.45, 2.75) is 0 Å². The van der Waals surface area contributed by atoms with Gasteiger partial charge in [-0.1, -0.05) is 346 Å². The molecule has 0 radical (unpaired) electrons. The van der Waals surface area contributed by atoms with E-state index in [0.29, 0.717) is 5.56 Å². The fourth-order valence-corrected chi connectivity index (χ4v) is 24.1. The molecule has 0 aliphatic rings. The van der Waals surface area contributed by atoms with Gasteiger partial charge in [-0.25, -0.2) is 15.0 Å². The summed E-state index contributed by atoms with van der Waals surface area (Å²) < 4.78 is 9.04. The van der Waals surface area contributed by atoms with E-state index in [-0.39, 0.29) is 0 Å². The van der Waals surface area contributed by atoms with Gasteiger partial charge in [0.05, 0.1) is 61.8 Å². The summed E-state index contributed by atoms with van der Waals surface area (Å²) in [6, 6.07) is 160. The first-order valence-electron chi connectivity index (χ1n) is 49.5. The van der Waals surface area contributed by atoms with E-state index in [1.54, 1.807) is 0 Å². The molecule has 32 rings (SSSR count). The van der Waals surface area contributed by atoms with Crippen LogP contribution in [0.25, 0.3) is 311 Å². The number of nitriles is 1. The average molecular weight is 1850 g/mol. The zero-order chi connectivity index (χ0) is 95.9. The Hall–Kier alpha value is -19.8. The van der Waals surface area contributed by atoms with E-state index in [4.69, 9.17) is 24.4 Å². The number of hydrogen-bond acceptors (Lipinski definition) is 8. The van der Waals surface area contributed by atoms with Crippen LogP contribution in [0.4, 0.5) is 0 Å². The maximum absolute atomic E-state index is 9.70. The number of pyridine rings is 6. The minimum Gasteiger partial charge on any atom is -0.455 e. The SMILES string of the molecule is N#Cc1ccc2c3cc(-c4cccc(-c5nc6c7ccccc7c7ccccc7c6c6ccncc56)c4)ccc3n(-c3ccccc3)c2c1.c1cc(-c2cc3ccc4cccc5ccc(c2)c3c45)cc(-c2nc3c4ccccc4c4ccccc4c3c3c2ccc2cccnc23)c1.c1cc(-c2nc3c4ccccc4c4ccccc4c3c3ccncc23)cc(-c2cc3ccccc3c3c2oc2ccc4ccccc4c23)c1. The second-order valence-corrected chi connectivity index (χ2v) is 38.3. The Morgan fingerprint density at radius 3 is 1.22 bits per heavy atom. The Balaban J connectivity index is 0.000000102. The molecule has 0 spiro atoms. The van der Waals surface area contributed by atoms with Gasteiger partial charge in [0.25, 0.3) is 0 Å². The van der Waals surface area contributed by atoms with E-state index >= 15 is 0 Å². The molecule has 32 aromatic rings. The van der Waals surface area contributed by atoms with Crippen molar-refractivity contribution < 1.29 is 4.42 Å². The van der Waals surface area contributed by atoms with Gasteiger partial charge in [-0.2, -0.15) is 5.26 Å². The molecule has 0 aliphatic heterocycles. The zero-order valence-corrected chi connectivity index (χ0v) is 78.5. The van der Waals surface area contributed by atoms with Crippen LogP contribution in [0, 0.1) is 11.3 Å². The highest BCUT2D eigenvalue weighted by Crippen LogP contribution is 2.51. The Morgan fingerprint density at radius 1 is 0.212 bits per heavy atom. The molecule has 0 bridgehead atoms. The highest BCUT2D eigenvalue weighted by atomic mass is 16.3. The summed E-state index contributed by atoms with van der Waals surface area (Å²) >= 11 is 0. The molecule has 0 saturated carbocycles. The van der Waals surface area contributed by atoms with Crippen LogP contribution in [0.2, 0.25) is 0 Å². The van der Waals surface area contributed by atoms with E-state index in [1.165, 1.54) is 113 Å². The lowest BCUT2D eigenvalue weighted by atomic mass is 9.90. The summed E-state index contributed by atoms with van der Waals surface area (Å²) in [5.41, 5.74) is 22.4. The maximum atomic E-state index is 9.70. The summed E-state index contributed by atoms with van der Waals surface area (Å²) in [5.74, 6) is 0. The van der Waals surface area contributed by atoms with Crippen molar-refractivity contribution in [1.29, 1.82) is 5.26 Å². The summed E-state index contributed by atoms with van der Waals surface area (Å²) in [6.45, 7) is 0. The molecule has 0 amide bonds. The van der Waals surface area contributed by atoms with Gasteiger partial charge in [0.15, 0.2) is 0 Å².